The Kier molecular flexibility index (Phi) is 5.08. The molecule has 1 rings (SSSR count). The normalized spacial score (nSPS) is 15.1. The fourth-order valence-electron chi connectivity index (χ4n) is 1.61. The van der Waals surface area contributed by atoms with Crippen LogP contribution in [0, 0.1) is 0 Å². The van der Waals surface area contributed by atoms with Crippen LogP contribution in [0.1, 0.15) is 44.9 Å². The molecule has 0 amide bonds. The highest BCUT2D eigenvalue weighted by atomic mass is 19.4. The Labute approximate surface area is 122 Å². The van der Waals surface area contributed by atoms with E-state index >= 15 is 0 Å². The number of alkyl halides is 3. The second-order valence-corrected chi connectivity index (χ2v) is 6.20. The van der Waals surface area contributed by atoms with Gasteiger partial charge in [-0.05, 0) is 45.4 Å². The highest BCUT2D eigenvalue weighted by Gasteiger charge is 2.35. The van der Waals surface area contributed by atoms with Gasteiger partial charge in [0, 0.05) is 12.1 Å². The van der Waals surface area contributed by atoms with Crippen molar-refractivity contribution in [2.45, 2.75) is 51.1 Å². The number of nitrogens with one attached hydrogen (secondary N) is 1. The average molecular weight is 305 g/mol. The van der Waals surface area contributed by atoms with E-state index in [2.05, 4.69) is 5.32 Å². The summed E-state index contributed by atoms with van der Waals surface area (Å²) in [5.41, 5.74) is -2.35. The number of halogens is 3. The summed E-state index contributed by atoms with van der Waals surface area (Å²) in [6.07, 6.45) is -5.52. The van der Waals surface area contributed by atoms with Crippen molar-refractivity contribution in [2.24, 2.45) is 0 Å². The fraction of sp³-hybridized carbons (Fsp3) is 0.600. The SMILES string of the molecule is CC(C)(O)C(C)(C)NCC(O)c1cccc(C(F)(F)F)c1. The van der Waals surface area contributed by atoms with Crippen LogP contribution in [0.5, 0.6) is 0 Å². The molecule has 120 valence electrons. The molecule has 6 heteroatoms. The summed E-state index contributed by atoms with van der Waals surface area (Å²) in [4.78, 5) is 0. The smallest absolute Gasteiger partial charge is 0.389 e. The lowest BCUT2D eigenvalue weighted by molar-refractivity contribution is -0.137. The summed E-state index contributed by atoms with van der Waals surface area (Å²) in [7, 11) is 0. The Bertz CT molecular complexity index is 479. The van der Waals surface area contributed by atoms with Gasteiger partial charge in [0.2, 0.25) is 0 Å². The first-order valence-electron chi connectivity index (χ1n) is 6.67. The van der Waals surface area contributed by atoms with Crippen LogP contribution in [-0.4, -0.2) is 27.9 Å². The Morgan fingerprint density at radius 1 is 1.14 bits per heavy atom. The zero-order valence-corrected chi connectivity index (χ0v) is 12.6. The van der Waals surface area contributed by atoms with Gasteiger partial charge in [-0.2, -0.15) is 13.2 Å². The standard InChI is InChI=1S/C15H22F3NO2/c1-13(2,14(3,4)21)19-9-12(20)10-6-5-7-11(8-10)15(16,17)18/h5-8,12,19-21H,9H2,1-4H3. The van der Waals surface area contributed by atoms with Crippen molar-refractivity contribution in [1.29, 1.82) is 0 Å². The molecule has 0 bridgehead atoms. The Morgan fingerprint density at radius 2 is 1.71 bits per heavy atom. The summed E-state index contributed by atoms with van der Waals surface area (Å²) in [5.74, 6) is 0. The molecular weight excluding hydrogens is 283 g/mol. The van der Waals surface area contributed by atoms with E-state index in [1.54, 1.807) is 27.7 Å². The topological polar surface area (TPSA) is 52.5 Å². The van der Waals surface area contributed by atoms with E-state index in [-0.39, 0.29) is 12.1 Å². The van der Waals surface area contributed by atoms with Crippen molar-refractivity contribution >= 4 is 0 Å². The highest BCUT2D eigenvalue weighted by Crippen LogP contribution is 2.31. The number of rotatable bonds is 5. The van der Waals surface area contributed by atoms with Gasteiger partial charge in [-0.15, -0.1) is 0 Å². The van der Waals surface area contributed by atoms with Gasteiger partial charge in [-0.1, -0.05) is 12.1 Å². The molecule has 0 radical (unpaired) electrons. The van der Waals surface area contributed by atoms with Crippen molar-refractivity contribution in [1.82, 2.24) is 5.32 Å². The van der Waals surface area contributed by atoms with E-state index in [0.717, 1.165) is 12.1 Å². The molecule has 21 heavy (non-hydrogen) atoms. The van der Waals surface area contributed by atoms with Crippen molar-refractivity contribution in [3.8, 4) is 0 Å². The Morgan fingerprint density at radius 3 is 2.19 bits per heavy atom. The number of aliphatic hydroxyl groups excluding tert-OH is 1. The summed E-state index contributed by atoms with van der Waals surface area (Å²) in [6.45, 7) is 6.79. The molecule has 1 aromatic carbocycles. The largest absolute Gasteiger partial charge is 0.416 e. The second-order valence-electron chi connectivity index (χ2n) is 6.20. The lowest BCUT2D eigenvalue weighted by Crippen LogP contribution is -2.56. The lowest BCUT2D eigenvalue weighted by Gasteiger charge is -2.38. The summed E-state index contributed by atoms with van der Waals surface area (Å²) >= 11 is 0. The predicted octanol–water partition coefficient (Wildman–Crippen LogP) is 2.88. The van der Waals surface area contributed by atoms with E-state index in [0.29, 0.717) is 0 Å². The van der Waals surface area contributed by atoms with Gasteiger partial charge in [0.1, 0.15) is 0 Å². The molecule has 1 atom stereocenters. The molecule has 0 spiro atoms. The molecule has 0 saturated heterocycles. The van der Waals surface area contributed by atoms with Crippen LogP contribution in [0.15, 0.2) is 24.3 Å². The molecule has 1 unspecified atom stereocenters. The summed E-state index contributed by atoms with van der Waals surface area (Å²) < 4.78 is 37.9. The van der Waals surface area contributed by atoms with Crippen LogP contribution in [0.25, 0.3) is 0 Å². The van der Waals surface area contributed by atoms with E-state index in [9.17, 15) is 23.4 Å². The predicted molar refractivity (Wildman–Crippen MR) is 74.8 cm³/mol. The molecule has 3 nitrogen and oxygen atoms in total. The molecule has 0 aromatic heterocycles. The second kappa shape index (κ2) is 5.94. The quantitative estimate of drug-likeness (QED) is 0.784. The van der Waals surface area contributed by atoms with Crippen LogP contribution in [0.2, 0.25) is 0 Å². The van der Waals surface area contributed by atoms with Crippen LogP contribution in [0.3, 0.4) is 0 Å². The van der Waals surface area contributed by atoms with Gasteiger partial charge in [0.05, 0.1) is 17.3 Å². The van der Waals surface area contributed by atoms with E-state index in [1.807, 2.05) is 0 Å². The molecule has 0 saturated carbocycles. The van der Waals surface area contributed by atoms with Gasteiger partial charge in [0.25, 0.3) is 0 Å². The van der Waals surface area contributed by atoms with Crippen LogP contribution < -0.4 is 5.32 Å². The maximum absolute atomic E-state index is 12.6. The summed E-state index contributed by atoms with van der Waals surface area (Å²) in [5, 5.41) is 23.0. The Hall–Kier alpha value is -1.11. The van der Waals surface area contributed by atoms with Crippen LogP contribution in [0.4, 0.5) is 13.2 Å². The average Bonchev–Trinajstić information content (AvgIpc) is 2.34. The number of hydrogen-bond donors (Lipinski definition) is 3. The summed E-state index contributed by atoms with van der Waals surface area (Å²) in [6, 6.07) is 4.61. The van der Waals surface area contributed by atoms with E-state index < -0.39 is 29.0 Å². The van der Waals surface area contributed by atoms with Crippen molar-refractivity contribution in [3.63, 3.8) is 0 Å². The maximum Gasteiger partial charge on any atom is 0.416 e. The highest BCUT2D eigenvalue weighted by molar-refractivity contribution is 5.27. The minimum atomic E-state index is -4.44. The van der Waals surface area contributed by atoms with Crippen molar-refractivity contribution in [3.05, 3.63) is 35.4 Å². The first-order chi connectivity index (χ1) is 9.34. The lowest BCUT2D eigenvalue weighted by atomic mass is 9.86. The van der Waals surface area contributed by atoms with E-state index in [4.69, 9.17) is 0 Å². The monoisotopic (exact) mass is 305 g/mol. The van der Waals surface area contributed by atoms with Gasteiger partial charge in [0.15, 0.2) is 0 Å². The first-order valence-corrected chi connectivity index (χ1v) is 6.67. The van der Waals surface area contributed by atoms with Gasteiger partial charge in [-0.25, -0.2) is 0 Å². The van der Waals surface area contributed by atoms with Gasteiger partial charge < -0.3 is 15.5 Å². The Balaban J connectivity index is 2.80. The van der Waals surface area contributed by atoms with Crippen LogP contribution in [-0.2, 0) is 6.18 Å². The molecule has 0 aliphatic rings. The maximum atomic E-state index is 12.6. The number of benzene rings is 1. The third-order valence-electron chi connectivity index (χ3n) is 3.87. The van der Waals surface area contributed by atoms with Crippen molar-refractivity contribution < 1.29 is 23.4 Å². The zero-order valence-electron chi connectivity index (χ0n) is 12.6. The molecule has 3 N–H and O–H groups in total. The number of hydrogen-bond acceptors (Lipinski definition) is 3. The molecule has 0 aliphatic carbocycles. The van der Waals surface area contributed by atoms with Gasteiger partial charge >= 0.3 is 6.18 Å². The molecule has 0 aliphatic heterocycles. The van der Waals surface area contributed by atoms with E-state index in [1.165, 1.54) is 12.1 Å². The first kappa shape index (κ1) is 17.9. The number of aliphatic hydroxyl groups is 2. The third-order valence-corrected chi connectivity index (χ3v) is 3.87. The molecule has 0 heterocycles. The zero-order chi connectivity index (χ0) is 16.5. The van der Waals surface area contributed by atoms with Crippen LogP contribution >= 0.6 is 0 Å². The third kappa shape index (κ3) is 4.69. The molecule has 0 fully saturated rings. The minimum absolute atomic E-state index is 0.0400. The van der Waals surface area contributed by atoms with Crippen molar-refractivity contribution in [2.75, 3.05) is 6.54 Å². The fourth-order valence-corrected chi connectivity index (χ4v) is 1.61. The molecule has 1 aromatic rings. The minimum Gasteiger partial charge on any atom is -0.389 e. The number of β-amino-alcohol motifs (C(OH)–C–C–N with tert-alkyl or cyclic N) is 1. The molecular formula is C15H22F3NO2. The van der Waals surface area contributed by atoms with Gasteiger partial charge in [-0.3, -0.25) is 0 Å².